The van der Waals surface area contributed by atoms with E-state index in [0.717, 1.165) is 29.9 Å². The molecule has 1 fully saturated rings. The molecule has 100 valence electrons. The molecule has 1 aliphatic rings. The first-order chi connectivity index (χ1) is 8.71. The van der Waals surface area contributed by atoms with E-state index in [1.54, 1.807) is 11.8 Å². The number of rotatable bonds is 7. The second-order valence-corrected chi connectivity index (χ2v) is 6.44. The number of aromatic nitrogens is 2. The summed E-state index contributed by atoms with van der Waals surface area (Å²) < 4.78 is 0.447. The molecule has 1 aliphatic carbocycles. The zero-order chi connectivity index (χ0) is 13.0. The highest BCUT2D eigenvalue weighted by atomic mass is 32.2. The Bertz CT molecular complexity index is 407. The van der Waals surface area contributed by atoms with Gasteiger partial charge in [-0.3, -0.25) is 0 Å². The molecule has 1 aromatic heterocycles. The molecule has 0 saturated heterocycles. The fourth-order valence-electron chi connectivity index (χ4n) is 1.72. The van der Waals surface area contributed by atoms with Crippen molar-refractivity contribution >= 4 is 35.2 Å². The Morgan fingerprint density at radius 1 is 1.22 bits per heavy atom. The van der Waals surface area contributed by atoms with Crippen molar-refractivity contribution in [3.05, 3.63) is 6.07 Å². The molecule has 0 amide bonds. The zero-order valence-electron chi connectivity index (χ0n) is 11.1. The van der Waals surface area contributed by atoms with Gasteiger partial charge in [0.2, 0.25) is 0 Å². The molecular formula is C12H20N4S2. The molecule has 18 heavy (non-hydrogen) atoms. The fraction of sp³-hybridized carbons (Fsp3) is 0.667. The number of thioether (sulfide) groups is 2. The van der Waals surface area contributed by atoms with Gasteiger partial charge in [0, 0.05) is 23.9 Å². The third-order valence-corrected chi connectivity index (χ3v) is 5.04. The van der Waals surface area contributed by atoms with Gasteiger partial charge in [-0.1, -0.05) is 11.8 Å². The van der Waals surface area contributed by atoms with E-state index in [1.165, 1.54) is 12.8 Å². The minimum Gasteiger partial charge on any atom is -0.370 e. The second kappa shape index (κ2) is 6.02. The third-order valence-electron chi connectivity index (χ3n) is 3.08. The van der Waals surface area contributed by atoms with Crippen molar-refractivity contribution in [2.45, 2.75) is 29.7 Å². The summed E-state index contributed by atoms with van der Waals surface area (Å²) in [5.74, 6) is 1.82. The van der Waals surface area contributed by atoms with E-state index < -0.39 is 0 Å². The lowest BCUT2D eigenvalue weighted by Gasteiger charge is -2.14. The van der Waals surface area contributed by atoms with Crippen LogP contribution in [0, 0.1) is 0 Å². The summed E-state index contributed by atoms with van der Waals surface area (Å²) in [5, 5.41) is 7.50. The topological polar surface area (TPSA) is 49.8 Å². The smallest absolute Gasteiger partial charge is 0.191 e. The molecule has 6 heteroatoms. The van der Waals surface area contributed by atoms with Crippen molar-refractivity contribution in [1.82, 2.24) is 9.97 Å². The van der Waals surface area contributed by atoms with Crippen LogP contribution in [0.25, 0.3) is 0 Å². The van der Waals surface area contributed by atoms with E-state index >= 15 is 0 Å². The third kappa shape index (κ3) is 3.45. The van der Waals surface area contributed by atoms with Crippen LogP contribution in [0.15, 0.2) is 11.2 Å². The van der Waals surface area contributed by atoms with Crippen LogP contribution in [-0.2, 0) is 0 Å². The molecule has 0 aliphatic heterocycles. The largest absolute Gasteiger partial charge is 0.370 e. The number of hydrogen-bond acceptors (Lipinski definition) is 6. The summed E-state index contributed by atoms with van der Waals surface area (Å²) in [7, 11) is 0. The minimum atomic E-state index is 0.447. The average Bonchev–Trinajstić information content (AvgIpc) is 3.17. The summed E-state index contributed by atoms with van der Waals surface area (Å²) in [6.45, 7) is 3.93. The highest BCUT2D eigenvalue weighted by Crippen LogP contribution is 2.47. The second-order valence-electron chi connectivity index (χ2n) is 4.40. The van der Waals surface area contributed by atoms with Crippen LogP contribution in [0.3, 0.4) is 0 Å². The Hall–Kier alpha value is -0.620. The van der Waals surface area contributed by atoms with Crippen LogP contribution in [0.1, 0.15) is 19.8 Å². The first-order valence-corrected chi connectivity index (χ1v) is 8.62. The van der Waals surface area contributed by atoms with Crippen LogP contribution < -0.4 is 10.6 Å². The molecule has 0 atom stereocenters. The molecule has 1 aromatic rings. The highest BCUT2D eigenvalue weighted by Gasteiger charge is 2.41. The minimum absolute atomic E-state index is 0.447. The normalized spacial score (nSPS) is 16.4. The van der Waals surface area contributed by atoms with Crippen molar-refractivity contribution in [3.8, 4) is 0 Å². The number of nitrogens with zero attached hydrogens (tertiary/aromatic N) is 2. The van der Waals surface area contributed by atoms with Crippen LogP contribution in [0.4, 0.5) is 11.6 Å². The molecule has 2 N–H and O–H groups in total. The first kappa shape index (κ1) is 13.8. The van der Waals surface area contributed by atoms with Gasteiger partial charge >= 0.3 is 0 Å². The molecule has 0 radical (unpaired) electrons. The molecule has 4 nitrogen and oxygen atoms in total. The van der Waals surface area contributed by atoms with Crippen LogP contribution >= 0.6 is 23.5 Å². The quantitative estimate of drug-likeness (QED) is 0.593. The maximum atomic E-state index is 4.49. The molecule has 1 saturated carbocycles. The molecular weight excluding hydrogens is 264 g/mol. The van der Waals surface area contributed by atoms with E-state index in [-0.39, 0.29) is 0 Å². The van der Waals surface area contributed by atoms with Gasteiger partial charge < -0.3 is 10.6 Å². The number of anilines is 2. The van der Waals surface area contributed by atoms with Gasteiger partial charge in [0.1, 0.15) is 11.6 Å². The summed E-state index contributed by atoms with van der Waals surface area (Å²) in [4.78, 5) is 8.91. The number of hydrogen-bond donors (Lipinski definition) is 2. The summed E-state index contributed by atoms with van der Waals surface area (Å²) >= 11 is 3.53. The van der Waals surface area contributed by atoms with Gasteiger partial charge in [-0.05, 0) is 32.3 Å². The monoisotopic (exact) mass is 284 g/mol. The predicted octanol–water partition coefficient (Wildman–Crippen LogP) is 2.94. The first-order valence-electron chi connectivity index (χ1n) is 6.17. The van der Waals surface area contributed by atoms with Crippen molar-refractivity contribution < 1.29 is 0 Å². The summed E-state index contributed by atoms with van der Waals surface area (Å²) in [6.07, 6.45) is 6.80. The highest BCUT2D eigenvalue weighted by molar-refractivity contribution is 8.00. The molecule has 1 heterocycles. The lowest BCUT2D eigenvalue weighted by atomic mass is 10.4. The Morgan fingerprint density at radius 3 is 2.39 bits per heavy atom. The fourth-order valence-corrected chi connectivity index (χ4v) is 2.83. The van der Waals surface area contributed by atoms with Crippen LogP contribution in [-0.4, -0.2) is 40.3 Å². The van der Waals surface area contributed by atoms with Gasteiger partial charge in [-0.2, -0.15) is 11.8 Å². The van der Waals surface area contributed by atoms with E-state index in [0.29, 0.717) is 4.75 Å². The zero-order valence-corrected chi connectivity index (χ0v) is 12.7. The summed E-state index contributed by atoms with van der Waals surface area (Å²) in [6, 6.07) is 1.99. The maximum absolute atomic E-state index is 4.49. The van der Waals surface area contributed by atoms with Crippen molar-refractivity contribution in [3.63, 3.8) is 0 Å². The Morgan fingerprint density at radius 2 is 1.89 bits per heavy atom. The average molecular weight is 284 g/mol. The predicted molar refractivity (Wildman–Crippen MR) is 81.9 cm³/mol. The Kier molecular flexibility index (Phi) is 4.61. The van der Waals surface area contributed by atoms with E-state index in [4.69, 9.17) is 0 Å². The van der Waals surface area contributed by atoms with Gasteiger partial charge in [0.25, 0.3) is 0 Å². The van der Waals surface area contributed by atoms with E-state index in [9.17, 15) is 0 Å². The SMILES string of the molecule is CCNc1cc(NCC2(SC)CC2)nc(SC)n1. The van der Waals surface area contributed by atoms with Gasteiger partial charge in [0.15, 0.2) is 5.16 Å². The Labute approximate surface area is 117 Å². The Balaban J connectivity index is 2.04. The van der Waals surface area contributed by atoms with Gasteiger partial charge in [-0.25, -0.2) is 9.97 Å². The molecule has 0 unspecified atom stereocenters. The van der Waals surface area contributed by atoms with Gasteiger partial charge in [-0.15, -0.1) is 0 Å². The molecule has 0 bridgehead atoms. The van der Waals surface area contributed by atoms with E-state index in [1.807, 2.05) is 24.1 Å². The van der Waals surface area contributed by atoms with Crippen molar-refractivity contribution in [1.29, 1.82) is 0 Å². The van der Waals surface area contributed by atoms with Crippen molar-refractivity contribution in [2.24, 2.45) is 0 Å². The van der Waals surface area contributed by atoms with Crippen molar-refractivity contribution in [2.75, 3.05) is 36.2 Å². The molecule has 2 rings (SSSR count). The van der Waals surface area contributed by atoms with Gasteiger partial charge in [0.05, 0.1) is 0 Å². The molecule has 0 aromatic carbocycles. The lowest BCUT2D eigenvalue weighted by molar-refractivity contribution is 0.909. The number of nitrogens with one attached hydrogen (secondary N) is 2. The van der Waals surface area contributed by atoms with Crippen LogP contribution in [0.2, 0.25) is 0 Å². The van der Waals surface area contributed by atoms with E-state index in [2.05, 4.69) is 33.8 Å². The molecule has 0 spiro atoms. The van der Waals surface area contributed by atoms with Crippen LogP contribution in [0.5, 0.6) is 0 Å². The maximum Gasteiger partial charge on any atom is 0.191 e. The summed E-state index contributed by atoms with van der Waals surface area (Å²) in [5.41, 5.74) is 0. The standard InChI is InChI=1S/C12H20N4S2/c1-4-13-9-7-10(16-11(15-9)17-2)14-8-12(18-3)5-6-12/h7H,4-6,8H2,1-3H3,(H2,13,14,15,16). The lowest BCUT2D eigenvalue weighted by Crippen LogP contribution is -2.18.